The van der Waals surface area contributed by atoms with Gasteiger partial charge in [-0.25, -0.2) is 0 Å². The van der Waals surface area contributed by atoms with Crippen molar-refractivity contribution in [1.29, 1.82) is 21.2 Å². The molecule has 1 aliphatic carbocycles. The standard InChI is InChI=1S/C17H14N4O2S/c18-8-15(9-19)12-5-1-2-6-17(12)22-13(11-4-3-7-24-11)16(15,10-20)14(21)23-17/h3-4,7,12-13,21H,1-2,5-6H2/t12-,13+,16+,17+/m0/s1. The van der Waals surface area contributed by atoms with Crippen LogP contribution < -0.4 is 0 Å². The Morgan fingerprint density at radius 2 is 2.00 bits per heavy atom. The van der Waals surface area contributed by atoms with Crippen molar-refractivity contribution < 1.29 is 9.47 Å². The van der Waals surface area contributed by atoms with Gasteiger partial charge in [0.05, 0.1) is 24.1 Å². The van der Waals surface area contributed by atoms with E-state index in [4.69, 9.17) is 14.9 Å². The summed E-state index contributed by atoms with van der Waals surface area (Å²) in [6.45, 7) is 0. The number of thiophene rings is 1. The van der Waals surface area contributed by atoms with Gasteiger partial charge in [-0.05, 0) is 24.3 Å². The van der Waals surface area contributed by atoms with Crippen LogP contribution in [-0.2, 0) is 9.47 Å². The summed E-state index contributed by atoms with van der Waals surface area (Å²) in [6, 6.07) is 10.0. The third-order valence-corrected chi connectivity index (χ3v) is 6.53. The van der Waals surface area contributed by atoms with E-state index in [1.165, 1.54) is 11.3 Å². The normalized spacial score (nSPS) is 39.0. The van der Waals surface area contributed by atoms with E-state index in [0.717, 1.165) is 17.7 Å². The molecule has 2 bridgehead atoms. The quantitative estimate of drug-likeness (QED) is 0.844. The van der Waals surface area contributed by atoms with Gasteiger partial charge in [-0.3, -0.25) is 5.41 Å². The number of ether oxygens (including phenoxy) is 2. The zero-order valence-electron chi connectivity index (χ0n) is 12.8. The molecule has 0 unspecified atom stereocenters. The van der Waals surface area contributed by atoms with Gasteiger partial charge in [0.2, 0.25) is 11.7 Å². The molecule has 1 aromatic heterocycles. The average Bonchev–Trinajstić information content (AvgIpc) is 3.14. The first-order chi connectivity index (χ1) is 11.6. The number of rotatable bonds is 1. The van der Waals surface area contributed by atoms with Crippen LogP contribution in [0.2, 0.25) is 0 Å². The Balaban J connectivity index is 2.03. The largest absolute Gasteiger partial charge is 0.447 e. The number of nitriles is 3. The molecule has 0 radical (unpaired) electrons. The summed E-state index contributed by atoms with van der Waals surface area (Å²) in [6.07, 6.45) is 1.96. The third kappa shape index (κ3) is 1.44. The molecule has 24 heavy (non-hydrogen) atoms. The van der Waals surface area contributed by atoms with Crippen molar-refractivity contribution in [1.82, 2.24) is 0 Å². The van der Waals surface area contributed by atoms with Crippen LogP contribution in [0.4, 0.5) is 0 Å². The fraction of sp³-hybridized carbons (Fsp3) is 0.529. The Morgan fingerprint density at radius 3 is 2.62 bits per heavy atom. The van der Waals surface area contributed by atoms with Crippen molar-refractivity contribution >= 4 is 17.2 Å². The average molecular weight is 338 g/mol. The smallest absolute Gasteiger partial charge is 0.218 e. The molecular weight excluding hydrogens is 324 g/mol. The highest BCUT2D eigenvalue weighted by Gasteiger charge is 2.80. The Hall–Kier alpha value is -2.40. The van der Waals surface area contributed by atoms with Gasteiger partial charge in [-0.15, -0.1) is 11.3 Å². The Bertz CT molecular complexity index is 816. The van der Waals surface area contributed by atoms with E-state index in [1.54, 1.807) is 0 Å². The summed E-state index contributed by atoms with van der Waals surface area (Å²) < 4.78 is 12.1. The molecule has 1 N–H and O–H groups in total. The summed E-state index contributed by atoms with van der Waals surface area (Å²) in [5.41, 5.74) is -3.39. The number of hydrogen-bond donors (Lipinski definition) is 1. The van der Waals surface area contributed by atoms with Gasteiger partial charge in [0.25, 0.3) is 0 Å². The van der Waals surface area contributed by atoms with Gasteiger partial charge >= 0.3 is 0 Å². The second-order valence-corrected chi connectivity index (χ2v) is 7.49. The van der Waals surface area contributed by atoms with E-state index < -0.39 is 28.6 Å². The van der Waals surface area contributed by atoms with Crippen LogP contribution >= 0.6 is 11.3 Å². The van der Waals surface area contributed by atoms with Crippen molar-refractivity contribution in [2.75, 3.05) is 0 Å². The molecule has 1 spiro atoms. The maximum Gasteiger partial charge on any atom is 0.218 e. The fourth-order valence-corrected chi connectivity index (χ4v) is 5.36. The van der Waals surface area contributed by atoms with Crippen LogP contribution in [0.15, 0.2) is 17.5 Å². The number of hydrogen-bond acceptors (Lipinski definition) is 7. The van der Waals surface area contributed by atoms with E-state index in [9.17, 15) is 15.8 Å². The molecule has 4 aliphatic rings. The summed E-state index contributed by atoms with van der Waals surface area (Å²) in [5, 5.41) is 40.3. The lowest BCUT2D eigenvalue weighted by Crippen LogP contribution is -2.73. The Morgan fingerprint density at radius 1 is 1.21 bits per heavy atom. The van der Waals surface area contributed by atoms with Gasteiger partial charge in [-0.2, -0.15) is 15.8 Å². The van der Waals surface area contributed by atoms with Gasteiger partial charge in [-0.1, -0.05) is 12.5 Å². The van der Waals surface area contributed by atoms with Crippen LogP contribution in [-0.4, -0.2) is 11.7 Å². The Kier molecular flexibility index (Phi) is 3.03. The highest BCUT2D eigenvalue weighted by Crippen LogP contribution is 2.69. The zero-order chi connectivity index (χ0) is 17.0. The lowest BCUT2D eigenvalue weighted by Gasteiger charge is -2.63. The minimum atomic E-state index is -1.74. The van der Waals surface area contributed by atoms with Crippen molar-refractivity contribution in [3.8, 4) is 18.2 Å². The second kappa shape index (κ2) is 4.80. The van der Waals surface area contributed by atoms with Gasteiger partial charge in [0.1, 0.15) is 6.10 Å². The SMILES string of the molecule is N#CC1(C#N)[C@@H]2CCCC[C@@]23OC(=N)[C@@]1(C#N)[C@@H](c1cccs1)O3. The first-order valence-electron chi connectivity index (χ1n) is 7.83. The number of fused-ring (bicyclic) bond motifs is 2. The summed E-state index contributed by atoms with van der Waals surface area (Å²) >= 11 is 1.40. The van der Waals surface area contributed by atoms with Gasteiger partial charge in [0, 0.05) is 11.3 Å². The van der Waals surface area contributed by atoms with Gasteiger partial charge < -0.3 is 9.47 Å². The van der Waals surface area contributed by atoms with Crippen LogP contribution in [0.3, 0.4) is 0 Å². The van der Waals surface area contributed by atoms with E-state index in [2.05, 4.69) is 18.2 Å². The molecular formula is C17H14N4O2S. The van der Waals surface area contributed by atoms with Crippen LogP contribution in [0, 0.1) is 56.2 Å². The molecule has 5 rings (SSSR count). The molecule has 7 heteroatoms. The summed E-state index contributed by atoms with van der Waals surface area (Å²) in [4.78, 5) is 0.739. The lowest BCUT2D eigenvalue weighted by molar-refractivity contribution is -0.360. The Labute approximate surface area is 143 Å². The zero-order valence-corrected chi connectivity index (χ0v) is 13.6. The van der Waals surface area contributed by atoms with Crippen molar-refractivity contribution in [2.24, 2.45) is 16.7 Å². The third-order valence-electron chi connectivity index (χ3n) is 5.62. The predicted molar refractivity (Wildman–Crippen MR) is 83.4 cm³/mol. The molecule has 3 saturated heterocycles. The van der Waals surface area contributed by atoms with Crippen molar-refractivity contribution in [3.63, 3.8) is 0 Å². The lowest BCUT2D eigenvalue weighted by atomic mass is 9.49. The van der Waals surface area contributed by atoms with Gasteiger partial charge in [0.15, 0.2) is 10.8 Å². The minimum Gasteiger partial charge on any atom is -0.447 e. The maximum absolute atomic E-state index is 10.0. The highest BCUT2D eigenvalue weighted by molar-refractivity contribution is 7.10. The fourth-order valence-electron chi connectivity index (χ4n) is 4.54. The summed E-state index contributed by atoms with van der Waals surface area (Å²) in [5.74, 6) is -2.00. The van der Waals surface area contributed by atoms with Crippen molar-refractivity contribution in [3.05, 3.63) is 22.4 Å². The molecule has 0 amide bonds. The highest BCUT2D eigenvalue weighted by atomic mass is 32.1. The van der Waals surface area contributed by atoms with E-state index in [-0.39, 0.29) is 5.90 Å². The van der Waals surface area contributed by atoms with E-state index in [1.807, 2.05) is 17.5 Å². The molecule has 4 heterocycles. The monoisotopic (exact) mass is 338 g/mol. The predicted octanol–water partition coefficient (Wildman–Crippen LogP) is 3.26. The first kappa shape index (κ1) is 15.1. The van der Waals surface area contributed by atoms with Crippen LogP contribution in [0.1, 0.15) is 36.7 Å². The summed E-state index contributed by atoms with van der Waals surface area (Å²) in [7, 11) is 0. The molecule has 1 aromatic rings. The molecule has 4 fully saturated rings. The molecule has 6 nitrogen and oxygen atoms in total. The number of nitrogens with one attached hydrogen (secondary N) is 1. The van der Waals surface area contributed by atoms with Crippen LogP contribution in [0.5, 0.6) is 0 Å². The molecule has 1 saturated carbocycles. The maximum atomic E-state index is 10.0. The molecule has 0 aromatic carbocycles. The second-order valence-electron chi connectivity index (χ2n) is 6.51. The molecule has 4 atom stereocenters. The number of nitrogens with zero attached hydrogens (tertiary/aromatic N) is 3. The van der Waals surface area contributed by atoms with Crippen molar-refractivity contribution in [2.45, 2.75) is 37.6 Å². The van der Waals surface area contributed by atoms with E-state index in [0.29, 0.717) is 12.8 Å². The minimum absolute atomic E-state index is 0.309. The van der Waals surface area contributed by atoms with Crippen LogP contribution in [0.25, 0.3) is 0 Å². The molecule has 120 valence electrons. The first-order valence-corrected chi connectivity index (χ1v) is 8.71. The topological polar surface area (TPSA) is 114 Å². The van der Waals surface area contributed by atoms with E-state index >= 15 is 0 Å². The molecule has 3 aliphatic heterocycles.